The van der Waals surface area contributed by atoms with Crippen LogP contribution in [0.15, 0.2) is 22.4 Å². The first-order chi connectivity index (χ1) is 9.00. The molecule has 0 unspecified atom stereocenters. The third-order valence-electron chi connectivity index (χ3n) is 3.52. The highest BCUT2D eigenvalue weighted by molar-refractivity contribution is 7.92. The minimum atomic E-state index is -3.15. The zero-order valence-electron chi connectivity index (χ0n) is 11.1. The second kappa shape index (κ2) is 6.20. The van der Waals surface area contributed by atoms with Gasteiger partial charge in [-0.1, -0.05) is 25.3 Å². The lowest BCUT2D eigenvalue weighted by Crippen LogP contribution is -2.04. The smallest absolute Gasteiger partial charge is 0.184 e. The quantitative estimate of drug-likeness (QED) is 0.929. The molecule has 0 saturated heterocycles. The summed E-state index contributed by atoms with van der Waals surface area (Å²) >= 11 is 1.24. The van der Waals surface area contributed by atoms with Crippen LogP contribution < -0.4 is 0 Å². The van der Waals surface area contributed by atoms with E-state index in [-0.39, 0.29) is 6.61 Å². The molecule has 1 saturated carbocycles. The van der Waals surface area contributed by atoms with Crippen molar-refractivity contribution in [3.63, 3.8) is 0 Å². The zero-order chi connectivity index (χ0) is 13.9. The first-order valence-corrected chi connectivity index (χ1v) is 9.33. The fraction of sp³-hybridized carbons (Fsp3) is 0.571. The van der Waals surface area contributed by atoms with Crippen LogP contribution in [-0.2, 0) is 9.84 Å². The monoisotopic (exact) mass is 300 g/mol. The van der Waals surface area contributed by atoms with Gasteiger partial charge in [0.1, 0.15) is 4.21 Å². The summed E-state index contributed by atoms with van der Waals surface area (Å²) in [7, 11) is -3.15. The number of aliphatic hydroxyl groups excluding tert-OH is 1. The Bertz CT molecular complexity index is 549. The van der Waals surface area contributed by atoms with Gasteiger partial charge in [0.25, 0.3) is 0 Å². The van der Waals surface area contributed by atoms with Gasteiger partial charge in [-0.25, -0.2) is 8.42 Å². The fourth-order valence-corrected chi connectivity index (χ4v) is 4.43. The Morgan fingerprint density at radius 2 is 2.05 bits per heavy atom. The Morgan fingerprint density at radius 1 is 1.37 bits per heavy atom. The van der Waals surface area contributed by atoms with E-state index in [4.69, 9.17) is 0 Å². The normalized spacial score (nSPS) is 18.7. The molecule has 1 aliphatic carbocycles. The maximum Gasteiger partial charge on any atom is 0.184 e. The van der Waals surface area contributed by atoms with E-state index in [1.165, 1.54) is 49.7 Å². The Kier molecular flexibility index (Phi) is 4.81. The Balaban J connectivity index is 2.21. The molecular formula is C14H20O3S2. The second-order valence-corrected chi connectivity index (χ2v) is 8.47. The SMILES string of the molecule is CS(=O)(=O)c1ccc(C(=CC2CCCCC2)CO)s1. The van der Waals surface area contributed by atoms with E-state index in [0.717, 1.165) is 10.5 Å². The van der Waals surface area contributed by atoms with Crippen LogP contribution >= 0.6 is 11.3 Å². The van der Waals surface area contributed by atoms with E-state index in [9.17, 15) is 13.5 Å². The summed E-state index contributed by atoms with van der Waals surface area (Å²) in [5.41, 5.74) is 0.867. The zero-order valence-corrected chi connectivity index (χ0v) is 12.8. The van der Waals surface area contributed by atoms with Crippen LogP contribution in [0.3, 0.4) is 0 Å². The Labute approximate surface area is 118 Å². The van der Waals surface area contributed by atoms with Crippen molar-refractivity contribution in [3.05, 3.63) is 23.1 Å². The van der Waals surface area contributed by atoms with E-state index in [2.05, 4.69) is 6.08 Å². The third-order valence-corrected chi connectivity index (χ3v) is 6.50. The third kappa shape index (κ3) is 3.91. The van der Waals surface area contributed by atoms with Gasteiger partial charge in [-0.2, -0.15) is 0 Å². The predicted octanol–water partition coefficient (Wildman–Crippen LogP) is 3.11. The van der Waals surface area contributed by atoms with Crippen molar-refractivity contribution in [1.29, 1.82) is 0 Å². The number of thiophene rings is 1. The number of sulfone groups is 1. The summed E-state index contributed by atoms with van der Waals surface area (Å²) in [6.07, 6.45) is 9.50. The van der Waals surface area contributed by atoms with Gasteiger partial charge < -0.3 is 5.11 Å². The Morgan fingerprint density at radius 3 is 2.58 bits per heavy atom. The number of allylic oxidation sites excluding steroid dienone is 1. The average molecular weight is 300 g/mol. The van der Waals surface area contributed by atoms with Crippen LogP contribution in [0.25, 0.3) is 5.57 Å². The van der Waals surface area contributed by atoms with Gasteiger partial charge in [-0.05, 0) is 36.5 Å². The van der Waals surface area contributed by atoms with Gasteiger partial charge in [-0.15, -0.1) is 11.3 Å². The molecule has 0 radical (unpaired) electrons. The topological polar surface area (TPSA) is 54.4 Å². The van der Waals surface area contributed by atoms with Crippen molar-refractivity contribution < 1.29 is 13.5 Å². The van der Waals surface area contributed by atoms with Gasteiger partial charge in [0.05, 0.1) is 6.61 Å². The van der Waals surface area contributed by atoms with Crippen molar-refractivity contribution in [3.8, 4) is 0 Å². The molecule has 0 aliphatic heterocycles. The Hall–Kier alpha value is -0.650. The first-order valence-electron chi connectivity index (χ1n) is 6.62. The van der Waals surface area contributed by atoms with Gasteiger partial charge in [0.15, 0.2) is 9.84 Å². The summed E-state index contributed by atoms with van der Waals surface area (Å²) in [6, 6.07) is 3.42. The van der Waals surface area contributed by atoms with Crippen LogP contribution in [0.2, 0.25) is 0 Å². The lowest BCUT2D eigenvalue weighted by atomic mass is 9.88. The maximum atomic E-state index is 11.5. The standard InChI is InChI=1S/C14H20O3S2/c1-19(16,17)14-8-7-13(18-14)12(10-15)9-11-5-3-2-4-6-11/h7-9,11,15H,2-6,10H2,1H3. The summed E-state index contributed by atoms with van der Waals surface area (Å²) in [4.78, 5) is 0.869. The van der Waals surface area contributed by atoms with E-state index in [0.29, 0.717) is 10.1 Å². The number of hydrogen-bond donors (Lipinski definition) is 1. The van der Waals surface area contributed by atoms with Crippen LogP contribution in [0.1, 0.15) is 37.0 Å². The molecule has 0 spiro atoms. The average Bonchev–Trinajstić information content (AvgIpc) is 2.86. The number of aliphatic hydroxyl groups is 1. The lowest BCUT2D eigenvalue weighted by molar-refractivity contribution is 0.348. The van der Waals surface area contributed by atoms with E-state index < -0.39 is 9.84 Å². The van der Waals surface area contributed by atoms with Crippen LogP contribution in [0.5, 0.6) is 0 Å². The molecule has 1 aliphatic rings. The van der Waals surface area contributed by atoms with Crippen molar-refractivity contribution in [2.75, 3.05) is 12.9 Å². The molecule has 1 aromatic heterocycles. The molecule has 0 aromatic carbocycles. The highest BCUT2D eigenvalue weighted by Gasteiger charge is 2.15. The minimum Gasteiger partial charge on any atom is -0.392 e. The van der Waals surface area contributed by atoms with Crippen molar-refractivity contribution >= 4 is 26.7 Å². The lowest BCUT2D eigenvalue weighted by Gasteiger charge is -2.19. The second-order valence-electron chi connectivity index (χ2n) is 5.14. The van der Waals surface area contributed by atoms with Gasteiger partial charge in [-0.3, -0.25) is 0 Å². The van der Waals surface area contributed by atoms with Gasteiger partial charge in [0.2, 0.25) is 0 Å². The highest BCUT2D eigenvalue weighted by atomic mass is 32.2. The maximum absolute atomic E-state index is 11.5. The van der Waals surface area contributed by atoms with Crippen LogP contribution in [-0.4, -0.2) is 26.4 Å². The molecule has 1 aromatic rings. The molecule has 106 valence electrons. The summed E-state index contributed by atoms with van der Waals surface area (Å²) < 4.78 is 23.3. The molecule has 2 rings (SSSR count). The summed E-state index contributed by atoms with van der Waals surface area (Å²) in [5, 5.41) is 9.51. The van der Waals surface area contributed by atoms with Crippen LogP contribution in [0, 0.1) is 5.92 Å². The summed E-state index contributed by atoms with van der Waals surface area (Å²) in [5.74, 6) is 0.527. The summed E-state index contributed by atoms with van der Waals surface area (Å²) in [6.45, 7) is -0.0276. The number of hydrogen-bond acceptors (Lipinski definition) is 4. The number of rotatable bonds is 4. The molecular weight excluding hydrogens is 280 g/mol. The van der Waals surface area contributed by atoms with E-state index >= 15 is 0 Å². The molecule has 19 heavy (non-hydrogen) atoms. The minimum absolute atomic E-state index is 0.0276. The van der Waals surface area contributed by atoms with E-state index in [1.54, 1.807) is 12.1 Å². The van der Waals surface area contributed by atoms with Gasteiger partial charge in [0, 0.05) is 11.1 Å². The van der Waals surface area contributed by atoms with Crippen LogP contribution in [0.4, 0.5) is 0 Å². The molecule has 0 atom stereocenters. The molecule has 3 nitrogen and oxygen atoms in total. The van der Waals surface area contributed by atoms with Crippen molar-refractivity contribution in [2.45, 2.75) is 36.3 Å². The molecule has 1 N–H and O–H groups in total. The van der Waals surface area contributed by atoms with E-state index in [1.807, 2.05) is 0 Å². The van der Waals surface area contributed by atoms with Crippen molar-refractivity contribution in [1.82, 2.24) is 0 Å². The van der Waals surface area contributed by atoms with Gasteiger partial charge >= 0.3 is 0 Å². The predicted molar refractivity (Wildman–Crippen MR) is 79.1 cm³/mol. The molecule has 5 heteroatoms. The fourth-order valence-electron chi connectivity index (χ4n) is 2.49. The molecule has 1 fully saturated rings. The first kappa shape index (κ1) is 14.8. The highest BCUT2D eigenvalue weighted by Crippen LogP contribution is 2.31. The van der Waals surface area contributed by atoms with Crippen molar-refractivity contribution in [2.24, 2.45) is 5.92 Å². The molecule has 0 amide bonds. The molecule has 0 bridgehead atoms. The molecule has 1 heterocycles. The largest absolute Gasteiger partial charge is 0.392 e.